The van der Waals surface area contributed by atoms with Crippen molar-refractivity contribution in [1.29, 1.82) is 0 Å². The van der Waals surface area contributed by atoms with Gasteiger partial charge in [0.05, 0.1) is 5.92 Å². The fraction of sp³-hybridized carbons (Fsp3) is 0.200. The first-order valence-electron chi connectivity index (χ1n) is 11.9. The van der Waals surface area contributed by atoms with E-state index < -0.39 is 24.1 Å². The lowest BCUT2D eigenvalue weighted by Crippen LogP contribution is -2.47. The summed E-state index contributed by atoms with van der Waals surface area (Å²) in [6.45, 7) is 4.02. The quantitative estimate of drug-likeness (QED) is 0.353. The van der Waals surface area contributed by atoms with E-state index in [0.29, 0.717) is 0 Å². The largest absolute Gasteiger partial charge is 0.453 e. The number of fused-ring (bicyclic) bond motifs is 1. The maximum absolute atomic E-state index is 13.3. The zero-order valence-electron chi connectivity index (χ0n) is 20.1. The van der Waals surface area contributed by atoms with Crippen LogP contribution in [0.2, 0.25) is 0 Å². The fourth-order valence-electron chi connectivity index (χ4n) is 4.96. The molecule has 36 heavy (non-hydrogen) atoms. The Morgan fingerprint density at radius 3 is 1.69 bits per heavy atom. The summed E-state index contributed by atoms with van der Waals surface area (Å²) < 4.78 is 12.3. The molecule has 5 rings (SSSR count). The van der Waals surface area contributed by atoms with E-state index in [4.69, 9.17) is 9.47 Å². The average Bonchev–Trinajstić information content (AvgIpc) is 2.92. The first-order chi connectivity index (χ1) is 17.5. The minimum absolute atomic E-state index is 0.197. The van der Waals surface area contributed by atoms with Crippen molar-refractivity contribution >= 4 is 11.9 Å². The van der Waals surface area contributed by atoms with Crippen LogP contribution in [0.4, 0.5) is 0 Å². The second kappa shape index (κ2) is 10.1. The van der Waals surface area contributed by atoms with Crippen LogP contribution in [0.15, 0.2) is 97.3 Å². The van der Waals surface area contributed by atoms with Crippen molar-refractivity contribution < 1.29 is 19.1 Å². The van der Waals surface area contributed by atoms with Gasteiger partial charge in [-0.15, -0.1) is 0 Å². The molecule has 0 saturated heterocycles. The highest BCUT2D eigenvalue weighted by Gasteiger charge is 2.47. The summed E-state index contributed by atoms with van der Waals surface area (Å²) in [4.78, 5) is 34.7. The Hall–Kier alpha value is -4.32. The Bertz CT molecular complexity index is 1370. The lowest BCUT2D eigenvalue weighted by Gasteiger charge is -2.42. The molecular weight excluding hydrogens is 452 g/mol. The predicted octanol–water partition coefficient (Wildman–Crippen LogP) is 5.49. The van der Waals surface area contributed by atoms with Crippen LogP contribution in [0, 0.1) is 6.92 Å². The Labute approximate surface area is 210 Å². The summed E-state index contributed by atoms with van der Waals surface area (Å²) in [5, 5.41) is 0. The van der Waals surface area contributed by atoms with Gasteiger partial charge in [0, 0.05) is 18.3 Å². The van der Waals surface area contributed by atoms with Crippen molar-refractivity contribution in [3.05, 3.63) is 131 Å². The van der Waals surface area contributed by atoms with Crippen molar-refractivity contribution in [2.24, 2.45) is 0 Å². The Morgan fingerprint density at radius 2 is 1.14 bits per heavy atom. The van der Waals surface area contributed by atoms with Crippen LogP contribution in [0.25, 0.3) is 0 Å². The van der Waals surface area contributed by atoms with E-state index in [1.165, 1.54) is 0 Å². The molecule has 6 nitrogen and oxygen atoms in total. The van der Waals surface area contributed by atoms with Gasteiger partial charge in [0.25, 0.3) is 0 Å². The summed E-state index contributed by atoms with van der Waals surface area (Å²) >= 11 is 0. The second-order valence-corrected chi connectivity index (χ2v) is 8.92. The van der Waals surface area contributed by atoms with Crippen LogP contribution in [0.3, 0.4) is 0 Å². The number of carbonyl (C=O) groups excluding carboxylic acids is 2. The van der Waals surface area contributed by atoms with E-state index in [0.717, 1.165) is 22.3 Å². The number of hydrogen-bond donors (Lipinski definition) is 0. The topological polar surface area (TPSA) is 78.4 Å². The predicted molar refractivity (Wildman–Crippen MR) is 135 cm³/mol. The fourth-order valence-corrected chi connectivity index (χ4v) is 4.96. The molecule has 1 aliphatic carbocycles. The van der Waals surface area contributed by atoms with Crippen molar-refractivity contribution in [2.45, 2.75) is 37.9 Å². The molecule has 180 valence electrons. The van der Waals surface area contributed by atoms with E-state index in [-0.39, 0.29) is 23.2 Å². The van der Waals surface area contributed by atoms with Gasteiger partial charge in [-0.25, -0.2) is 19.6 Å². The smallest absolute Gasteiger partial charge is 0.357 e. The Balaban J connectivity index is 1.62. The van der Waals surface area contributed by atoms with Crippen molar-refractivity contribution in [3.63, 3.8) is 0 Å². The third-order valence-corrected chi connectivity index (χ3v) is 6.72. The van der Waals surface area contributed by atoms with Gasteiger partial charge in [0.2, 0.25) is 0 Å². The summed E-state index contributed by atoms with van der Waals surface area (Å²) in [5.41, 5.74) is 4.56. The standard InChI is InChI=1S/C30H26N2O4/c1-19-11-3-4-12-21(19)26-23-14-6-5-13-22(23)20(2)27(35-29(33)24-15-7-9-17-31-24)28(26)36-30(34)25-16-8-10-18-32-25/h3-18,20,26-28H,1-2H3. The molecule has 4 unspecified atom stereocenters. The number of nitrogens with zero attached hydrogens (tertiary/aromatic N) is 2. The normalized spacial score (nSPS) is 20.7. The molecule has 0 amide bonds. The van der Waals surface area contributed by atoms with Gasteiger partial charge in [-0.3, -0.25) is 0 Å². The van der Waals surface area contributed by atoms with Gasteiger partial charge in [-0.05, 0) is 53.4 Å². The first kappa shape index (κ1) is 23.4. The monoisotopic (exact) mass is 478 g/mol. The van der Waals surface area contributed by atoms with Gasteiger partial charge in [-0.2, -0.15) is 0 Å². The summed E-state index contributed by atoms with van der Waals surface area (Å²) in [5.74, 6) is -1.69. The number of aryl methyl sites for hydroxylation is 1. The molecule has 2 aromatic carbocycles. The maximum Gasteiger partial charge on any atom is 0.357 e. The molecule has 6 heteroatoms. The third kappa shape index (κ3) is 4.50. The van der Waals surface area contributed by atoms with Crippen LogP contribution in [-0.4, -0.2) is 34.1 Å². The minimum atomic E-state index is -0.779. The van der Waals surface area contributed by atoms with Crippen molar-refractivity contribution in [3.8, 4) is 0 Å². The van der Waals surface area contributed by atoms with Crippen LogP contribution < -0.4 is 0 Å². The summed E-state index contributed by atoms with van der Waals surface area (Å²) in [6.07, 6.45) is 1.57. The number of rotatable bonds is 5. The molecule has 1 aliphatic rings. The number of esters is 2. The van der Waals surface area contributed by atoms with Gasteiger partial charge in [-0.1, -0.05) is 67.6 Å². The number of aromatic nitrogens is 2. The molecule has 0 radical (unpaired) electrons. The lowest BCUT2D eigenvalue weighted by atomic mass is 9.70. The van der Waals surface area contributed by atoms with Crippen LogP contribution in [-0.2, 0) is 9.47 Å². The second-order valence-electron chi connectivity index (χ2n) is 8.92. The van der Waals surface area contributed by atoms with Gasteiger partial charge >= 0.3 is 11.9 Å². The molecule has 0 saturated carbocycles. The molecule has 0 fully saturated rings. The zero-order chi connectivity index (χ0) is 25.1. The minimum Gasteiger partial charge on any atom is -0.453 e. The maximum atomic E-state index is 13.3. The summed E-state index contributed by atoms with van der Waals surface area (Å²) in [7, 11) is 0. The average molecular weight is 479 g/mol. The highest BCUT2D eigenvalue weighted by Crippen LogP contribution is 2.46. The molecule has 0 bridgehead atoms. The van der Waals surface area contributed by atoms with Gasteiger partial charge in [0.1, 0.15) is 17.5 Å². The SMILES string of the molecule is Cc1ccccc1C1c2ccccc2C(C)C(OC(=O)c2ccccn2)C1OC(=O)c1ccccn1. The third-order valence-electron chi connectivity index (χ3n) is 6.72. The molecule has 4 aromatic rings. The van der Waals surface area contributed by atoms with Crippen LogP contribution in [0.1, 0.15) is 62.0 Å². The number of carbonyl (C=O) groups is 2. The summed E-state index contributed by atoms with van der Waals surface area (Å²) in [6, 6.07) is 26.2. The highest BCUT2D eigenvalue weighted by molar-refractivity contribution is 5.88. The van der Waals surface area contributed by atoms with Crippen molar-refractivity contribution in [2.75, 3.05) is 0 Å². The number of ether oxygens (including phenoxy) is 2. The van der Waals surface area contributed by atoms with E-state index >= 15 is 0 Å². The molecule has 0 spiro atoms. The number of pyridine rings is 2. The van der Waals surface area contributed by atoms with Crippen LogP contribution >= 0.6 is 0 Å². The zero-order valence-corrected chi connectivity index (χ0v) is 20.1. The van der Waals surface area contributed by atoms with E-state index in [9.17, 15) is 9.59 Å². The highest BCUT2D eigenvalue weighted by atomic mass is 16.6. The van der Waals surface area contributed by atoms with Crippen LogP contribution in [0.5, 0.6) is 0 Å². The first-order valence-corrected chi connectivity index (χ1v) is 11.9. The van der Waals surface area contributed by atoms with Gasteiger partial charge < -0.3 is 9.47 Å². The molecule has 4 atom stereocenters. The van der Waals surface area contributed by atoms with E-state index in [1.807, 2.05) is 56.3 Å². The Morgan fingerprint density at radius 1 is 0.639 bits per heavy atom. The lowest BCUT2D eigenvalue weighted by molar-refractivity contribution is -0.0537. The molecule has 2 aromatic heterocycles. The molecule has 2 heterocycles. The van der Waals surface area contributed by atoms with Gasteiger partial charge in [0.15, 0.2) is 6.10 Å². The van der Waals surface area contributed by atoms with E-state index in [1.54, 1.807) is 48.8 Å². The van der Waals surface area contributed by atoms with E-state index in [2.05, 4.69) is 16.0 Å². The molecule has 0 aliphatic heterocycles. The molecular formula is C30H26N2O4. The number of benzene rings is 2. The number of hydrogen-bond acceptors (Lipinski definition) is 6. The molecule has 0 N–H and O–H groups in total. The Kier molecular flexibility index (Phi) is 6.58. The van der Waals surface area contributed by atoms with Crippen molar-refractivity contribution in [1.82, 2.24) is 9.97 Å².